The predicted octanol–water partition coefficient (Wildman–Crippen LogP) is 4.16. The summed E-state index contributed by atoms with van der Waals surface area (Å²) in [5.74, 6) is 0. The molecule has 1 aliphatic heterocycles. The Balaban J connectivity index is -0.000000191. The van der Waals surface area contributed by atoms with Crippen LogP contribution in [0.5, 0.6) is 0 Å². The molecule has 17 heavy (non-hydrogen) atoms. The van der Waals surface area contributed by atoms with Crippen molar-refractivity contribution in [1.82, 2.24) is 10.2 Å². The third-order valence-electron chi connectivity index (χ3n) is 2.61. The highest BCUT2D eigenvalue weighted by Gasteiger charge is 2.02. The van der Waals surface area contributed by atoms with E-state index in [4.69, 9.17) is 0 Å². The Labute approximate surface area is 111 Å². The third kappa shape index (κ3) is 21.7. The molecule has 0 aliphatic carbocycles. The highest BCUT2D eigenvalue weighted by atomic mass is 15.1. The van der Waals surface area contributed by atoms with Crippen LogP contribution < -0.4 is 5.32 Å². The second-order valence-corrected chi connectivity index (χ2v) is 4.17. The monoisotopic (exact) mass is 246 g/mol. The lowest BCUT2D eigenvalue weighted by Crippen LogP contribution is -2.24. The van der Waals surface area contributed by atoms with E-state index in [1.165, 1.54) is 58.2 Å². The fraction of sp³-hybridized carbons (Fsp3) is 1.00. The van der Waals surface area contributed by atoms with Crippen molar-refractivity contribution in [1.29, 1.82) is 0 Å². The van der Waals surface area contributed by atoms with Gasteiger partial charge < -0.3 is 10.2 Å². The Morgan fingerprint density at radius 3 is 1.82 bits per heavy atom. The number of nitrogens with one attached hydrogen (secondary N) is 1. The van der Waals surface area contributed by atoms with Gasteiger partial charge in [-0.1, -0.05) is 47.5 Å². The van der Waals surface area contributed by atoms with E-state index in [9.17, 15) is 0 Å². The average molecular weight is 246 g/mol. The highest BCUT2D eigenvalue weighted by molar-refractivity contribution is 4.58. The summed E-state index contributed by atoms with van der Waals surface area (Å²) in [6.07, 6.45) is 8.28. The third-order valence-corrected chi connectivity index (χ3v) is 2.61. The zero-order valence-electron chi connectivity index (χ0n) is 12.3. The minimum atomic E-state index is 0. The van der Waals surface area contributed by atoms with Crippen molar-refractivity contribution in [3.8, 4) is 0 Å². The van der Waals surface area contributed by atoms with Crippen molar-refractivity contribution in [3.05, 3.63) is 0 Å². The zero-order valence-corrected chi connectivity index (χ0v) is 12.3. The van der Waals surface area contributed by atoms with Gasteiger partial charge in [-0.25, -0.2) is 0 Å². The molecule has 0 amide bonds. The van der Waals surface area contributed by atoms with Crippen LogP contribution in [0.25, 0.3) is 0 Å². The van der Waals surface area contributed by atoms with Crippen molar-refractivity contribution in [3.63, 3.8) is 0 Å². The van der Waals surface area contributed by atoms with Gasteiger partial charge in [-0.05, 0) is 53.0 Å². The summed E-state index contributed by atoms with van der Waals surface area (Å²) in [6.45, 7) is 10.0. The number of unbranched alkanes of at least 4 members (excludes halogenated alkanes) is 2. The summed E-state index contributed by atoms with van der Waals surface area (Å²) in [4.78, 5) is 2.39. The molecule has 108 valence electrons. The molecule has 0 radical (unpaired) electrons. The van der Waals surface area contributed by atoms with E-state index in [0.29, 0.717) is 0 Å². The number of piperidine rings is 1. The molecule has 2 nitrogen and oxygen atoms in total. The van der Waals surface area contributed by atoms with Crippen LogP contribution in [-0.4, -0.2) is 38.6 Å². The first-order chi connectivity index (χ1) is 7.81. The number of rotatable bonds is 4. The van der Waals surface area contributed by atoms with Crippen molar-refractivity contribution in [2.45, 2.75) is 66.7 Å². The van der Waals surface area contributed by atoms with Crippen LogP contribution in [-0.2, 0) is 0 Å². The Hall–Kier alpha value is -0.0800. The molecule has 0 aromatic rings. The maximum absolute atomic E-state index is 3.10. The van der Waals surface area contributed by atoms with Gasteiger partial charge in [-0.15, -0.1) is 0 Å². The molecule has 1 saturated heterocycles. The van der Waals surface area contributed by atoms with E-state index in [1.54, 1.807) is 0 Å². The van der Waals surface area contributed by atoms with Crippen molar-refractivity contribution < 1.29 is 0 Å². The van der Waals surface area contributed by atoms with Crippen LogP contribution in [0, 0.1) is 0 Å². The molecule has 0 aromatic carbocycles. The summed E-state index contributed by atoms with van der Waals surface area (Å²) in [5, 5.41) is 3.10. The predicted molar refractivity (Wildman–Crippen MR) is 82.9 cm³/mol. The van der Waals surface area contributed by atoms with Gasteiger partial charge >= 0.3 is 0 Å². The van der Waals surface area contributed by atoms with Gasteiger partial charge in [0.15, 0.2) is 0 Å². The van der Waals surface area contributed by atoms with Gasteiger partial charge in [-0.2, -0.15) is 0 Å². The van der Waals surface area contributed by atoms with Gasteiger partial charge in [-0.3, -0.25) is 0 Å². The van der Waals surface area contributed by atoms with Crippen LogP contribution >= 0.6 is 0 Å². The molecule has 1 N–H and O–H groups in total. The molecule has 0 spiro atoms. The van der Waals surface area contributed by atoms with E-state index < -0.39 is 0 Å². The summed E-state index contributed by atoms with van der Waals surface area (Å²) in [6, 6.07) is 0. The molecule has 1 rings (SSSR count). The highest BCUT2D eigenvalue weighted by Crippen LogP contribution is 2.04. The van der Waals surface area contributed by atoms with E-state index >= 15 is 0 Å². The maximum Gasteiger partial charge on any atom is -0.00218 e. The van der Waals surface area contributed by atoms with Crippen molar-refractivity contribution >= 4 is 0 Å². The van der Waals surface area contributed by atoms with E-state index in [0.717, 1.165) is 0 Å². The van der Waals surface area contributed by atoms with Crippen LogP contribution in [0.15, 0.2) is 0 Å². The van der Waals surface area contributed by atoms with Crippen LogP contribution in [0.3, 0.4) is 0 Å². The second kappa shape index (κ2) is 21.2. The minimum absolute atomic E-state index is 0. The number of nitrogens with zero attached hydrogens (tertiary/aromatic N) is 1. The van der Waals surface area contributed by atoms with Crippen LogP contribution in [0.1, 0.15) is 66.7 Å². The first kappa shape index (κ1) is 22.1. The second-order valence-electron chi connectivity index (χ2n) is 4.17. The summed E-state index contributed by atoms with van der Waals surface area (Å²) in [7, 11) is 4.19. The zero-order chi connectivity index (χ0) is 12.6. The number of likely N-dealkylation sites (tertiary alicyclic amines) is 1. The summed E-state index contributed by atoms with van der Waals surface area (Å²) >= 11 is 0. The molecular formula is C15H38N2. The van der Waals surface area contributed by atoms with E-state index in [2.05, 4.69) is 24.2 Å². The number of hydrogen-bond donors (Lipinski definition) is 1. The van der Waals surface area contributed by atoms with Gasteiger partial charge in [0.05, 0.1) is 0 Å². The normalized spacial score (nSPS) is 14.6. The molecule has 1 aliphatic rings. The maximum atomic E-state index is 3.10. The van der Waals surface area contributed by atoms with Gasteiger partial charge in [0.25, 0.3) is 0 Å². The van der Waals surface area contributed by atoms with E-state index in [-0.39, 0.29) is 7.43 Å². The SMILES string of the molecule is C.CC.CCCCCNC.CN1CCCCC1. The Morgan fingerprint density at radius 2 is 1.53 bits per heavy atom. The standard InChI is InChI=1S/C6H13N.C6H15N.C2H6.CH4/c1-7-5-3-2-4-6-7;1-3-4-5-6-7-2;1-2;/h2-6H2,1H3;7H,3-6H2,1-2H3;1-2H3;1H4. The summed E-state index contributed by atoms with van der Waals surface area (Å²) in [5.41, 5.74) is 0. The lowest BCUT2D eigenvalue weighted by Gasteiger charge is -2.20. The van der Waals surface area contributed by atoms with Gasteiger partial charge in [0, 0.05) is 0 Å². The first-order valence-corrected chi connectivity index (χ1v) is 7.14. The fourth-order valence-electron chi connectivity index (χ4n) is 1.60. The Morgan fingerprint density at radius 1 is 1.00 bits per heavy atom. The minimum Gasteiger partial charge on any atom is -0.320 e. The molecular weight excluding hydrogens is 208 g/mol. The Bertz CT molecular complexity index is 95.1. The molecule has 0 atom stereocenters. The molecule has 0 aromatic heterocycles. The largest absolute Gasteiger partial charge is 0.320 e. The van der Waals surface area contributed by atoms with Gasteiger partial charge in [0.2, 0.25) is 0 Å². The molecule has 1 fully saturated rings. The first-order valence-electron chi connectivity index (χ1n) is 7.14. The molecule has 1 heterocycles. The number of hydrogen-bond acceptors (Lipinski definition) is 2. The summed E-state index contributed by atoms with van der Waals surface area (Å²) < 4.78 is 0. The average Bonchev–Trinajstić information content (AvgIpc) is 2.34. The molecule has 0 unspecified atom stereocenters. The molecule has 2 heteroatoms. The fourth-order valence-corrected chi connectivity index (χ4v) is 1.60. The lowest BCUT2D eigenvalue weighted by atomic mass is 10.1. The Kier molecular flexibility index (Phi) is 27.6. The van der Waals surface area contributed by atoms with Crippen LogP contribution in [0.2, 0.25) is 0 Å². The molecule has 0 bridgehead atoms. The van der Waals surface area contributed by atoms with Crippen molar-refractivity contribution in [2.24, 2.45) is 0 Å². The van der Waals surface area contributed by atoms with Crippen molar-refractivity contribution in [2.75, 3.05) is 33.7 Å². The van der Waals surface area contributed by atoms with Gasteiger partial charge in [0.1, 0.15) is 0 Å². The smallest absolute Gasteiger partial charge is 0.00218 e. The van der Waals surface area contributed by atoms with E-state index in [1.807, 2.05) is 20.9 Å². The quantitative estimate of drug-likeness (QED) is 0.749. The van der Waals surface area contributed by atoms with Crippen LogP contribution in [0.4, 0.5) is 0 Å². The lowest BCUT2D eigenvalue weighted by molar-refractivity contribution is 0.277. The topological polar surface area (TPSA) is 15.3 Å². The molecule has 0 saturated carbocycles.